The van der Waals surface area contributed by atoms with Crippen molar-refractivity contribution in [1.29, 1.82) is 0 Å². The molecule has 0 fully saturated rings. The molecular weight excluding hydrogens is 260 g/mol. The van der Waals surface area contributed by atoms with E-state index in [1.54, 1.807) is 11.1 Å². The fraction of sp³-hybridized carbons (Fsp3) is 0.500. The van der Waals surface area contributed by atoms with Gasteiger partial charge < -0.3 is 22.4 Å². The van der Waals surface area contributed by atoms with Crippen LogP contribution >= 0.6 is 12.2 Å². The van der Waals surface area contributed by atoms with Crippen molar-refractivity contribution in [3.63, 3.8) is 0 Å². The van der Waals surface area contributed by atoms with Crippen molar-refractivity contribution in [2.45, 2.75) is 13.3 Å². The SMILES string of the molecule is CC1=[N+](C)C=C(O)CC1=NNC(=S)N(C)C.[Cl-]. The van der Waals surface area contributed by atoms with Gasteiger partial charge in [0.1, 0.15) is 12.8 Å². The van der Waals surface area contributed by atoms with Crippen LogP contribution in [0.1, 0.15) is 13.3 Å². The Morgan fingerprint density at radius 3 is 2.71 bits per heavy atom. The summed E-state index contributed by atoms with van der Waals surface area (Å²) in [5.41, 5.74) is 4.56. The number of thiocarbonyl (C=S) groups is 1. The number of rotatable bonds is 1. The standard InChI is InChI=1S/C10H16N4OS.ClH/c1-7-9(5-8(15)6-14(7)4)11-12-10(16)13(2)3;/h6,15H,5H2,1-4H3;1H. The monoisotopic (exact) mass is 276 g/mol. The van der Waals surface area contributed by atoms with Crippen LogP contribution < -0.4 is 17.8 Å². The number of halogens is 1. The molecule has 0 aromatic heterocycles. The molecule has 17 heavy (non-hydrogen) atoms. The number of aliphatic hydroxyl groups excluding tert-OH is 1. The Labute approximate surface area is 113 Å². The minimum absolute atomic E-state index is 0. The van der Waals surface area contributed by atoms with Gasteiger partial charge in [-0.05, 0) is 12.2 Å². The third-order valence-corrected chi connectivity index (χ3v) is 2.79. The molecule has 0 radical (unpaired) electrons. The minimum Gasteiger partial charge on any atom is -1.00 e. The Morgan fingerprint density at radius 1 is 1.59 bits per heavy atom. The first kappa shape index (κ1) is 15.9. The highest BCUT2D eigenvalue weighted by molar-refractivity contribution is 7.80. The molecule has 0 aliphatic carbocycles. The Bertz CT molecular complexity index is 401. The number of hydrogen-bond donors (Lipinski definition) is 2. The molecule has 1 heterocycles. The fourth-order valence-corrected chi connectivity index (χ4v) is 1.25. The molecule has 0 bridgehead atoms. The summed E-state index contributed by atoms with van der Waals surface area (Å²) in [6.45, 7) is 1.95. The summed E-state index contributed by atoms with van der Waals surface area (Å²) in [6, 6.07) is 0. The second kappa shape index (κ2) is 6.56. The third kappa shape index (κ3) is 4.32. The maximum Gasteiger partial charge on any atom is 0.207 e. The number of allylic oxidation sites excluding steroid dienone is 1. The molecule has 7 heteroatoms. The molecule has 0 unspecified atom stereocenters. The van der Waals surface area contributed by atoms with E-state index in [4.69, 9.17) is 12.2 Å². The van der Waals surface area contributed by atoms with Gasteiger partial charge in [0.15, 0.2) is 10.9 Å². The van der Waals surface area contributed by atoms with Gasteiger partial charge in [0.25, 0.3) is 0 Å². The zero-order valence-electron chi connectivity index (χ0n) is 10.4. The van der Waals surface area contributed by atoms with Gasteiger partial charge in [0.05, 0.1) is 6.42 Å². The van der Waals surface area contributed by atoms with E-state index in [1.807, 2.05) is 32.6 Å². The minimum atomic E-state index is 0. The van der Waals surface area contributed by atoms with Crippen LogP contribution in [0.5, 0.6) is 0 Å². The number of nitrogens with zero attached hydrogens (tertiary/aromatic N) is 3. The maximum absolute atomic E-state index is 9.50. The second-order valence-corrected chi connectivity index (χ2v) is 4.25. The lowest BCUT2D eigenvalue weighted by molar-refractivity contribution is -0.424. The Morgan fingerprint density at radius 2 is 2.18 bits per heavy atom. The van der Waals surface area contributed by atoms with E-state index in [0.29, 0.717) is 17.3 Å². The van der Waals surface area contributed by atoms with Crippen molar-refractivity contribution in [3.8, 4) is 0 Å². The van der Waals surface area contributed by atoms with Gasteiger partial charge in [-0.25, -0.2) is 4.58 Å². The van der Waals surface area contributed by atoms with Gasteiger partial charge in [-0.1, -0.05) is 0 Å². The van der Waals surface area contributed by atoms with E-state index in [2.05, 4.69) is 10.5 Å². The van der Waals surface area contributed by atoms with Gasteiger partial charge in [-0.3, -0.25) is 5.43 Å². The Balaban J connectivity index is 0.00000256. The molecule has 0 aromatic rings. The van der Waals surface area contributed by atoms with Crippen molar-refractivity contribution < 1.29 is 22.1 Å². The summed E-state index contributed by atoms with van der Waals surface area (Å²) in [4.78, 5) is 1.76. The first-order valence-electron chi connectivity index (χ1n) is 4.92. The van der Waals surface area contributed by atoms with Crippen molar-refractivity contribution in [2.75, 3.05) is 21.1 Å². The van der Waals surface area contributed by atoms with Crippen LogP contribution in [0.25, 0.3) is 0 Å². The molecular formula is C10H17ClN4OS. The average molecular weight is 277 g/mol. The van der Waals surface area contributed by atoms with Crippen molar-refractivity contribution in [2.24, 2.45) is 5.10 Å². The van der Waals surface area contributed by atoms with Crippen LogP contribution in [0.2, 0.25) is 0 Å². The summed E-state index contributed by atoms with van der Waals surface area (Å²) in [5, 5.41) is 14.2. The molecule has 0 saturated carbocycles. The molecule has 2 N–H and O–H groups in total. The average Bonchev–Trinajstić information content (AvgIpc) is 2.20. The lowest BCUT2D eigenvalue weighted by Crippen LogP contribution is -3.00. The van der Waals surface area contributed by atoms with Crippen molar-refractivity contribution >= 4 is 28.8 Å². The van der Waals surface area contributed by atoms with Gasteiger partial charge in [0.2, 0.25) is 11.9 Å². The van der Waals surface area contributed by atoms with Gasteiger partial charge in [0, 0.05) is 21.0 Å². The van der Waals surface area contributed by atoms with E-state index in [9.17, 15) is 5.11 Å². The predicted molar refractivity (Wildman–Crippen MR) is 69.0 cm³/mol. The molecule has 0 atom stereocenters. The summed E-state index contributed by atoms with van der Waals surface area (Å²) in [7, 11) is 5.55. The maximum atomic E-state index is 9.50. The molecule has 0 saturated heterocycles. The highest BCUT2D eigenvalue weighted by Crippen LogP contribution is 2.06. The topological polar surface area (TPSA) is 50.9 Å². The highest BCUT2D eigenvalue weighted by Gasteiger charge is 2.20. The molecule has 1 aliphatic heterocycles. The van der Waals surface area contributed by atoms with E-state index in [0.717, 1.165) is 11.4 Å². The quantitative estimate of drug-likeness (QED) is 0.321. The van der Waals surface area contributed by atoms with Gasteiger partial charge in [-0.15, -0.1) is 0 Å². The summed E-state index contributed by atoms with van der Waals surface area (Å²) in [5.74, 6) is 0.296. The largest absolute Gasteiger partial charge is 1.00 e. The molecule has 0 aromatic carbocycles. The summed E-state index contributed by atoms with van der Waals surface area (Å²) >= 11 is 5.05. The van der Waals surface area contributed by atoms with Crippen LogP contribution in [0.4, 0.5) is 0 Å². The highest BCUT2D eigenvalue weighted by atomic mass is 35.5. The van der Waals surface area contributed by atoms with Crippen LogP contribution in [0.3, 0.4) is 0 Å². The molecule has 1 aliphatic rings. The van der Waals surface area contributed by atoms with Crippen molar-refractivity contribution in [3.05, 3.63) is 12.0 Å². The third-order valence-electron chi connectivity index (χ3n) is 2.33. The Kier molecular flexibility index (Phi) is 6.12. The van der Waals surface area contributed by atoms with Crippen molar-refractivity contribution in [1.82, 2.24) is 10.3 Å². The molecule has 0 amide bonds. The lowest BCUT2D eigenvalue weighted by Gasteiger charge is -2.14. The van der Waals surface area contributed by atoms with Crippen LogP contribution in [0.15, 0.2) is 17.1 Å². The second-order valence-electron chi connectivity index (χ2n) is 3.86. The predicted octanol–water partition coefficient (Wildman–Crippen LogP) is -2.31. The molecule has 0 spiro atoms. The zero-order valence-corrected chi connectivity index (χ0v) is 11.9. The van der Waals surface area contributed by atoms with E-state index in [-0.39, 0.29) is 12.4 Å². The summed E-state index contributed by atoms with van der Waals surface area (Å²) in [6.07, 6.45) is 2.11. The number of hydrogen-bond acceptors (Lipinski definition) is 3. The zero-order chi connectivity index (χ0) is 12.3. The number of nitrogens with one attached hydrogen (secondary N) is 1. The van der Waals surface area contributed by atoms with E-state index >= 15 is 0 Å². The van der Waals surface area contributed by atoms with Gasteiger partial charge in [-0.2, -0.15) is 5.10 Å². The van der Waals surface area contributed by atoms with E-state index < -0.39 is 0 Å². The van der Waals surface area contributed by atoms with E-state index in [1.165, 1.54) is 0 Å². The van der Waals surface area contributed by atoms with Gasteiger partial charge >= 0.3 is 0 Å². The number of hydrazone groups is 1. The van der Waals surface area contributed by atoms with Crippen LogP contribution in [-0.2, 0) is 0 Å². The van der Waals surface area contributed by atoms with Crippen LogP contribution in [0, 0.1) is 0 Å². The first-order valence-corrected chi connectivity index (χ1v) is 5.33. The smallest absolute Gasteiger partial charge is 0.207 e. The molecule has 5 nitrogen and oxygen atoms in total. The Hall–Kier alpha value is -1.14. The van der Waals surface area contributed by atoms with Crippen LogP contribution in [-0.4, -0.2) is 52.3 Å². The molecule has 96 valence electrons. The first-order chi connectivity index (χ1) is 7.41. The fourth-order valence-electron chi connectivity index (χ4n) is 1.20. The number of aliphatic hydroxyl groups is 1. The molecule has 1 rings (SSSR count). The summed E-state index contributed by atoms with van der Waals surface area (Å²) < 4.78 is 1.83. The lowest BCUT2D eigenvalue weighted by atomic mass is 10.1. The normalized spacial score (nSPS) is 17.4.